The maximum atomic E-state index is 13.6. The molecule has 0 saturated carbocycles. The summed E-state index contributed by atoms with van der Waals surface area (Å²) in [7, 11) is 1.58. The second-order valence-electron chi connectivity index (χ2n) is 4.27. The molecule has 0 amide bonds. The predicted octanol–water partition coefficient (Wildman–Crippen LogP) is 3.63. The van der Waals surface area contributed by atoms with Gasteiger partial charge in [-0.3, -0.25) is 0 Å². The summed E-state index contributed by atoms with van der Waals surface area (Å²) in [5.74, 6) is 0.269. The fraction of sp³-hybridized carbons (Fsp3) is 0.200. The molecule has 0 spiro atoms. The minimum atomic E-state index is -0.767. The summed E-state index contributed by atoms with van der Waals surface area (Å²) >= 11 is 5.90. The van der Waals surface area contributed by atoms with Crippen LogP contribution in [0.5, 0.6) is 5.75 Å². The van der Waals surface area contributed by atoms with Crippen LogP contribution >= 0.6 is 11.6 Å². The van der Waals surface area contributed by atoms with Crippen molar-refractivity contribution < 1.29 is 14.2 Å². The summed E-state index contributed by atoms with van der Waals surface area (Å²) in [6.07, 6.45) is -0.767. The summed E-state index contributed by atoms with van der Waals surface area (Å²) in [5, 5.41) is 13.2. The normalized spacial score (nSPS) is 12.0. The highest BCUT2D eigenvalue weighted by atomic mass is 35.5. The van der Waals surface area contributed by atoms with E-state index in [4.69, 9.17) is 16.3 Å². The van der Waals surface area contributed by atoms with Crippen molar-refractivity contribution >= 4 is 17.3 Å². The Bertz CT molecular complexity index is 554. The third-order valence-electron chi connectivity index (χ3n) is 2.94. The molecular formula is C15H15ClFNO2. The maximum Gasteiger partial charge on any atom is 0.147 e. The molecule has 1 unspecified atom stereocenters. The van der Waals surface area contributed by atoms with Crippen LogP contribution in [0.4, 0.5) is 10.1 Å². The molecule has 0 heterocycles. The summed E-state index contributed by atoms with van der Waals surface area (Å²) in [6.45, 7) is 0.160. The number of ether oxygens (including phenoxy) is 1. The molecule has 0 radical (unpaired) electrons. The average Bonchev–Trinajstić information content (AvgIpc) is 2.46. The molecule has 0 aliphatic heterocycles. The fourth-order valence-corrected chi connectivity index (χ4v) is 2.04. The van der Waals surface area contributed by atoms with Crippen molar-refractivity contribution in [3.05, 3.63) is 58.9 Å². The molecule has 1 atom stereocenters. The van der Waals surface area contributed by atoms with Crippen molar-refractivity contribution in [1.29, 1.82) is 0 Å². The van der Waals surface area contributed by atoms with Gasteiger partial charge in [-0.05, 0) is 29.8 Å². The first-order valence-corrected chi connectivity index (χ1v) is 6.49. The van der Waals surface area contributed by atoms with E-state index in [0.29, 0.717) is 11.3 Å². The number of hydrogen-bond acceptors (Lipinski definition) is 3. The zero-order valence-electron chi connectivity index (χ0n) is 10.9. The van der Waals surface area contributed by atoms with E-state index < -0.39 is 11.9 Å². The molecule has 5 heteroatoms. The molecule has 0 aromatic heterocycles. The van der Waals surface area contributed by atoms with E-state index in [9.17, 15) is 9.50 Å². The van der Waals surface area contributed by atoms with Gasteiger partial charge in [0.1, 0.15) is 11.6 Å². The Morgan fingerprint density at radius 1 is 1.25 bits per heavy atom. The van der Waals surface area contributed by atoms with E-state index in [2.05, 4.69) is 5.32 Å². The van der Waals surface area contributed by atoms with E-state index in [0.717, 1.165) is 0 Å². The zero-order valence-corrected chi connectivity index (χ0v) is 11.7. The van der Waals surface area contributed by atoms with Crippen molar-refractivity contribution in [3.8, 4) is 5.75 Å². The number of nitrogens with one attached hydrogen (secondary N) is 1. The Kier molecular flexibility index (Phi) is 4.82. The minimum absolute atomic E-state index is 0.160. The van der Waals surface area contributed by atoms with Gasteiger partial charge < -0.3 is 15.2 Å². The fourth-order valence-electron chi connectivity index (χ4n) is 1.81. The number of halogens is 2. The first kappa shape index (κ1) is 14.6. The molecule has 3 nitrogen and oxygen atoms in total. The number of aliphatic hydroxyl groups excluding tert-OH is 1. The Morgan fingerprint density at radius 2 is 1.95 bits per heavy atom. The second kappa shape index (κ2) is 6.59. The molecule has 2 rings (SSSR count). The van der Waals surface area contributed by atoms with Crippen LogP contribution in [-0.2, 0) is 0 Å². The molecule has 0 aliphatic rings. The van der Waals surface area contributed by atoms with Crippen molar-refractivity contribution in [1.82, 2.24) is 0 Å². The highest BCUT2D eigenvalue weighted by molar-refractivity contribution is 6.33. The molecular weight excluding hydrogens is 281 g/mol. The van der Waals surface area contributed by atoms with E-state index in [-0.39, 0.29) is 17.3 Å². The lowest BCUT2D eigenvalue weighted by molar-refractivity contribution is 0.191. The first-order valence-electron chi connectivity index (χ1n) is 6.11. The average molecular weight is 296 g/mol. The van der Waals surface area contributed by atoms with Crippen molar-refractivity contribution in [2.75, 3.05) is 19.0 Å². The van der Waals surface area contributed by atoms with E-state index in [1.807, 2.05) is 0 Å². The van der Waals surface area contributed by atoms with Gasteiger partial charge in [-0.15, -0.1) is 0 Å². The van der Waals surface area contributed by atoms with Gasteiger partial charge in [-0.1, -0.05) is 29.8 Å². The van der Waals surface area contributed by atoms with Gasteiger partial charge in [0.15, 0.2) is 0 Å². The topological polar surface area (TPSA) is 41.5 Å². The summed E-state index contributed by atoms with van der Waals surface area (Å²) in [4.78, 5) is 0. The van der Waals surface area contributed by atoms with Crippen LogP contribution < -0.4 is 10.1 Å². The molecule has 0 bridgehead atoms. The summed E-state index contributed by atoms with van der Waals surface area (Å²) in [5.41, 5.74) is 0.910. The van der Waals surface area contributed by atoms with Crippen molar-refractivity contribution in [2.24, 2.45) is 0 Å². The Hall–Kier alpha value is -1.78. The van der Waals surface area contributed by atoms with Gasteiger partial charge in [-0.25, -0.2) is 4.39 Å². The Labute approximate surface area is 122 Å². The lowest BCUT2D eigenvalue weighted by Crippen LogP contribution is -2.13. The molecule has 0 saturated heterocycles. The number of para-hydroxylation sites is 1. The van der Waals surface area contributed by atoms with Gasteiger partial charge in [0.05, 0.1) is 23.9 Å². The SMILES string of the molecule is COc1ccc(C(O)CNc2c(F)cccc2Cl)cc1. The van der Waals surface area contributed by atoms with Gasteiger partial charge in [0.2, 0.25) is 0 Å². The number of benzene rings is 2. The molecule has 20 heavy (non-hydrogen) atoms. The van der Waals surface area contributed by atoms with Gasteiger partial charge >= 0.3 is 0 Å². The number of anilines is 1. The summed E-state index contributed by atoms with van der Waals surface area (Å²) < 4.78 is 18.6. The van der Waals surface area contributed by atoms with Crippen LogP contribution in [0.2, 0.25) is 5.02 Å². The van der Waals surface area contributed by atoms with Gasteiger partial charge in [0.25, 0.3) is 0 Å². The zero-order chi connectivity index (χ0) is 14.5. The highest BCUT2D eigenvalue weighted by Crippen LogP contribution is 2.25. The van der Waals surface area contributed by atoms with E-state index >= 15 is 0 Å². The third kappa shape index (κ3) is 3.40. The van der Waals surface area contributed by atoms with Crippen molar-refractivity contribution in [3.63, 3.8) is 0 Å². The van der Waals surface area contributed by atoms with Gasteiger partial charge in [0, 0.05) is 6.54 Å². The number of methoxy groups -OCH3 is 1. The lowest BCUT2D eigenvalue weighted by atomic mass is 10.1. The monoisotopic (exact) mass is 295 g/mol. The Morgan fingerprint density at radius 3 is 2.55 bits per heavy atom. The van der Waals surface area contributed by atoms with Gasteiger partial charge in [-0.2, -0.15) is 0 Å². The predicted molar refractivity (Wildman–Crippen MR) is 77.9 cm³/mol. The highest BCUT2D eigenvalue weighted by Gasteiger charge is 2.11. The first-order chi connectivity index (χ1) is 9.61. The largest absolute Gasteiger partial charge is 0.497 e. The van der Waals surface area contributed by atoms with Crippen LogP contribution in [0.15, 0.2) is 42.5 Å². The molecule has 2 N–H and O–H groups in total. The second-order valence-corrected chi connectivity index (χ2v) is 4.67. The summed E-state index contributed by atoms with van der Waals surface area (Å²) in [6, 6.07) is 11.5. The minimum Gasteiger partial charge on any atom is -0.497 e. The van der Waals surface area contributed by atoms with Crippen molar-refractivity contribution in [2.45, 2.75) is 6.10 Å². The third-order valence-corrected chi connectivity index (χ3v) is 3.25. The van der Waals surface area contributed by atoms with Crippen LogP contribution in [0.3, 0.4) is 0 Å². The number of aliphatic hydroxyl groups is 1. The maximum absolute atomic E-state index is 13.6. The van der Waals surface area contributed by atoms with Crippen LogP contribution in [0, 0.1) is 5.82 Å². The molecule has 0 fully saturated rings. The quantitative estimate of drug-likeness (QED) is 0.885. The lowest BCUT2D eigenvalue weighted by Gasteiger charge is -2.15. The molecule has 2 aromatic carbocycles. The number of hydrogen-bond donors (Lipinski definition) is 2. The van der Waals surface area contributed by atoms with Crippen LogP contribution in [0.1, 0.15) is 11.7 Å². The molecule has 2 aromatic rings. The molecule has 106 valence electrons. The van der Waals surface area contributed by atoms with E-state index in [1.54, 1.807) is 37.4 Å². The smallest absolute Gasteiger partial charge is 0.147 e. The molecule has 0 aliphatic carbocycles. The Balaban J connectivity index is 2.02. The van der Waals surface area contributed by atoms with Crippen LogP contribution in [0.25, 0.3) is 0 Å². The van der Waals surface area contributed by atoms with E-state index in [1.165, 1.54) is 12.1 Å². The number of rotatable bonds is 5. The van der Waals surface area contributed by atoms with Crippen LogP contribution in [-0.4, -0.2) is 18.8 Å². The standard InChI is InChI=1S/C15H15ClFNO2/c1-20-11-7-5-10(6-8-11)14(19)9-18-15-12(16)3-2-4-13(15)17/h2-8,14,18-19H,9H2,1H3.